The number of fused-ring (bicyclic) bond motifs is 2. The van der Waals surface area contributed by atoms with Gasteiger partial charge in [-0.15, -0.1) is 0 Å². The van der Waals surface area contributed by atoms with Crippen LogP contribution in [0.25, 0.3) is 0 Å². The summed E-state index contributed by atoms with van der Waals surface area (Å²) in [6, 6.07) is 10.5. The Kier molecular flexibility index (Phi) is 7.66. The Morgan fingerprint density at radius 1 is 1.25 bits per heavy atom. The predicted molar refractivity (Wildman–Crippen MR) is 137 cm³/mol. The molecule has 1 atom stereocenters. The van der Waals surface area contributed by atoms with E-state index in [2.05, 4.69) is 41.6 Å². The summed E-state index contributed by atoms with van der Waals surface area (Å²) >= 11 is 3.44. The Bertz CT molecular complexity index is 1340. The molecule has 3 amide bonds. The van der Waals surface area contributed by atoms with Crippen molar-refractivity contribution in [2.45, 2.75) is 0 Å². The number of benzodiazepines with no additional fused rings is 1. The van der Waals surface area contributed by atoms with Gasteiger partial charge in [0, 0.05) is 40.5 Å². The first-order valence-corrected chi connectivity index (χ1v) is 11.7. The highest BCUT2D eigenvalue weighted by molar-refractivity contribution is 9.10. The second-order valence-electron chi connectivity index (χ2n) is 7.87. The number of nitrogens with zero attached hydrogens (tertiary/aromatic N) is 3. The number of carbonyl (C=O) groups is 3. The number of hydrogen-bond acceptors (Lipinski definition) is 8. The normalized spacial score (nSPS) is 19.2. The van der Waals surface area contributed by atoms with Crippen LogP contribution in [-0.2, 0) is 9.59 Å². The number of urea groups is 1. The molecule has 11 nitrogen and oxygen atoms in total. The highest BCUT2D eigenvalue weighted by atomic mass is 79.9. The van der Waals surface area contributed by atoms with Crippen molar-refractivity contribution in [1.29, 1.82) is 0 Å². The van der Waals surface area contributed by atoms with E-state index in [4.69, 9.17) is 10.8 Å². The van der Waals surface area contributed by atoms with E-state index in [9.17, 15) is 14.4 Å². The Balaban J connectivity index is 0.000000170. The number of ketones is 1. The number of allylic oxidation sites excluding steroid dienone is 3. The monoisotopic (exact) mass is 551 g/mol. The number of amides is 3. The van der Waals surface area contributed by atoms with E-state index in [0.717, 1.165) is 32.7 Å². The Morgan fingerprint density at radius 3 is 2.81 bits per heavy atom. The number of carbonyl (C=O) groups excluding carboxylic acids is 3. The lowest BCUT2D eigenvalue weighted by molar-refractivity contribution is -0.114. The molecule has 3 heterocycles. The van der Waals surface area contributed by atoms with Crippen LogP contribution in [-0.4, -0.2) is 58.9 Å². The van der Waals surface area contributed by atoms with Gasteiger partial charge in [0.1, 0.15) is 12.3 Å². The number of aromatic nitrogens is 1. The fourth-order valence-electron chi connectivity index (χ4n) is 3.75. The fraction of sp³-hybridized carbons (Fsp3) is 0.167. The minimum atomic E-state index is -0.832. The van der Waals surface area contributed by atoms with Gasteiger partial charge in [-0.25, -0.2) is 10.2 Å². The van der Waals surface area contributed by atoms with Crippen LogP contribution in [0.15, 0.2) is 80.6 Å². The molecule has 0 bridgehead atoms. The molecule has 6 N–H and O–H groups in total. The second kappa shape index (κ2) is 11.1. The van der Waals surface area contributed by atoms with Crippen molar-refractivity contribution in [3.63, 3.8) is 0 Å². The third-order valence-corrected chi connectivity index (χ3v) is 5.91. The van der Waals surface area contributed by atoms with Crippen LogP contribution in [0.5, 0.6) is 0 Å². The molecular formula is C24H22BrN7O4. The summed E-state index contributed by atoms with van der Waals surface area (Å²) in [6.45, 7) is 0.678. The molecule has 0 radical (unpaired) electrons. The number of primary amides is 1. The first kappa shape index (κ1) is 24.9. The molecule has 184 valence electrons. The van der Waals surface area contributed by atoms with Gasteiger partial charge in [0.25, 0.3) is 0 Å². The fourth-order valence-corrected chi connectivity index (χ4v) is 4.11. The van der Waals surface area contributed by atoms with Crippen LogP contribution in [0, 0.1) is 5.92 Å². The average Bonchev–Trinajstić information content (AvgIpc) is 3.18. The molecule has 0 saturated carbocycles. The topological polar surface area (TPSA) is 171 Å². The summed E-state index contributed by atoms with van der Waals surface area (Å²) in [5, 5.41) is 18.6. The number of aliphatic hydroxyl groups excluding tert-OH is 1. The number of pyridine rings is 1. The van der Waals surface area contributed by atoms with Crippen LogP contribution in [0.4, 0.5) is 10.5 Å². The summed E-state index contributed by atoms with van der Waals surface area (Å²) in [5.74, 6) is -0.494. The molecule has 2 aromatic rings. The lowest BCUT2D eigenvalue weighted by atomic mass is 9.94. The van der Waals surface area contributed by atoms with E-state index in [1.165, 1.54) is 6.08 Å². The maximum absolute atomic E-state index is 11.7. The van der Waals surface area contributed by atoms with Crippen LogP contribution in [0.2, 0.25) is 0 Å². The number of hydrazone groups is 1. The Labute approximate surface area is 214 Å². The zero-order valence-corrected chi connectivity index (χ0v) is 20.4. The lowest BCUT2D eigenvalue weighted by Crippen LogP contribution is -2.28. The molecule has 1 fully saturated rings. The van der Waals surface area contributed by atoms with E-state index in [-0.39, 0.29) is 36.5 Å². The standard InChI is InChI=1S/C14H10BrN3O.C10H12N4O3/c15-9-4-5-11-10(7-9)14(17-8-13(19)18-11)12-3-1-2-6-16-12;11-10(17)14-13-8-1-6-5(4-15)3-12-7(6)2-9(8)16/h1-7H,8H2,(H,18,19);1-2,5,12,15H,3-4H2,(H3,11,14,17)/b;13-8+. The summed E-state index contributed by atoms with van der Waals surface area (Å²) in [7, 11) is 0. The number of aliphatic hydroxyl groups is 1. The number of nitrogens with one attached hydrogen (secondary N) is 3. The zero-order valence-electron chi connectivity index (χ0n) is 18.9. The average molecular weight is 552 g/mol. The molecule has 2 aliphatic heterocycles. The SMILES string of the molecule is NC(=O)N/N=C1\C=C2C(=CC1=O)NCC2CO.O=C1CN=C(c2ccccn2)c2cc(Br)ccc2N1. The minimum absolute atomic E-state index is 0.0130. The molecule has 5 rings (SSSR count). The summed E-state index contributed by atoms with van der Waals surface area (Å²) in [6.07, 6.45) is 4.66. The van der Waals surface area contributed by atoms with Crippen molar-refractivity contribution in [2.75, 3.05) is 25.0 Å². The van der Waals surface area contributed by atoms with E-state index in [1.807, 2.05) is 41.8 Å². The Morgan fingerprint density at radius 2 is 2.08 bits per heavy atom. The highest BCUT2D eigenvalue weighted by Gasteiger charge is 2.29. The van der Waals surface area contributed by atoms with Crippen molar-refractivity contribution in [2.24, 2.45) is 21.7 Å². The lowest BCUT2D eigenvalue weighted by Gasteiger charge is -2.11. The van der Waals surface area contributed by atoms with Gasteiger partial charge in [0.2, 0.25) is 11.7 Å². The van der Waals surface area contributed by atoms with Crippen LogP contribution < -0.4 is 21.8 Å². The van der Waals surface area contributed by atoms with Crippen LogP contribution in [0.1, 0.15) is 11.3 Å². The summed E-state index contributed by atoms with van der Waals surface area (Å²) < 4.78 is 0.936. The number of rotatable bonds is 3. The molecule has 1 aromatic carbocycles. The van der Waals surface area contributed by atoms with Crippen LogP contribution in [0.3, 0.4) is 0 Å². The van der Waals surface area contributed by atoms with Gasteiger partial charge in [-0.2, -0.15) is 5.10 Å². The summed E-state index contributed by atoms with van der Waals surface area (Å²) in [4.78, 5) is 42.4. The Hall–Kier alpha value is -4.16. The first-order chi connectivity index (χ1) is 17.4. The van der Waals surface area contributed by atoms with Crippen molar-refractivity contribution in [3.05, 3.63) is 81.7 Å². The molecule has 12 heteroatoms. The second-order valence-corrected chi connectivity index (χ2v) is 8.79. The molecule has 1 unspecified atom stereocenters. The number of hydrogen-bond donors (Lipinski definition) is 5. The van der Waals surface area contributed by atoms with Gasteiger partial charge in [0.05, 0.1) is 23.7 Å². The first-order valence-electron chi connectivity index (χ1n) is 10.9. The van der Waals surface area contributed by atoms with Gasteiger partial charge < -0.3 is 21.5 Å². The zero-order chi connectivity index (χ0) is 25.7. The number of halogens is 1. The molecule has 1 aromatic heterocycles. The van der Waals surface area contributed by atoms with Crippen molar-refractivity contribution < 1.29 is 19.5 Å². The van der Waals surface area contributed by atoms with Gasteiger partial charge in [-0.05, 0) is 42.0 Å². The molecule has 1 saturated heterocycles. The van der Waals surface area contributed by atoms with Crippen molar-refractivity contribution in [3.8, 4) is 0 Å². The maximum Gasteiger partial charge on any atom is 0.332 e. The number of nitrogens with two attached hydrogens (primary N) is 1. The van der Waals surface area contributed by atoms with E-state index in [1.54, 1.807) is 12.3 Å². The number of aliphatic imine (C=N–C) groups is 1. The van der Waals surface area contributed by atoms with E-state index in [0.29, 0.717) is 12.2 Å². The predicted octanol–water partition coefficient (Wildman–Crippen LogP) is 1.25. The molecule has 0 spiro atoms. The van der Waals surface area contributed by atoms with Gasteiger partial charge in [0.15, 0.2) is 0 Å². The smallest absolute Gasteiger partial charge is 0.332 e. The van der Waals surface area contributed by atoms with Crippen molar-refractivity contribution in [1.82, 2.24) is 15.7 Å². The number of benzene rings is 1. The number of anilines is 1. The quantitative estimate of drug-likeness (QED) is 0.283. The van der Waals surface area contributed by atoms with E-state index >= 15 is 0 Å². The minimum Gasteiger partial charge on any atom is -0.396 e. The van der Waals surface area contributed by atoms with E-state index < -0.39 is 6.03 Å². The third-order valence-electron chi connectivity index (χ3n) is 5.42. The van der Waals surface area contributed by atoms with Crippen molar-refractivity contribution >= 4 is 50.8 Å². The van der Waals surface area contributed by atoms with Crippen LogP contribution >= 0.6 is 15.9 Å². The highest BCUT2D eigenvalue weighted by Crippen LogP contribution is 2.27. The van der Waals surface area contributed by atoms with Gasteiger partial charge in [-0.1, -0.05) is 22.0 Å². The van der Waals surface area contributed by atoms with Gasteiger partial charge in [-0.3, -0.25) is 19.6 Å². The third kappa shape index (κ3) is 5.73. The summed E-state index contributed by atoms with van der Waals surface area (Å²) in [5.41, 5.74) is 11.6. The molecular weight excluding hydrogens is 530 g/mol. The molecule has 3 aliphatic rings. The van der Waals surface area contributed by atoms with Gasteiger partial charge >= 0.3 is 6.03 Å². The maximum atomic E-state index is 11.7. The largest absolute Gasteiger partial charge is 0.396 e. The molecule has 36 heavy (non-hydrogen) atoms. The molecule has 1 aliphatic carbocycles.